The van der Waals surface area contributed by atoms with E-state index < -0.39 is 0 Å². The first kappa shape index (κ1) is 20.2. The third-order valence-corrected chi connectivity index (χ3v) is 2.16. The number of methoxy groups -OCH3 is 1. The summed E-state index contributed by atoms with van der Waals surface area (Å²) in [4.78, 5) is 6.52. The minimum absolute atomic E-state index is 0. The Hall–Kier alpha value is -0.0800. The third kappa shape index (κ3) is 14.0. The van der Waals surface area contributed by atoms with Crippen LogP contribution in [0.25, 0.3) is 0 Å². The Morgan fingerprint density at radius 2 is 1.94 bits per heavy atom. The Morgan fingerprint density at radius 3 is 2.44 bits per heavy atom. The summed E-state index contributed by atoms with van der Waals surface area (Å²) in [6, 6.07) is 0. The van der Waals surface area contributed by atoms with Crippen LogP contribution >= 0.6 is 24.0 Å². The first-order valence-corrected chi connectivity index (χ1v) is 6.11. The standard InChI is InChI=1S/C12H28N4O.HI/c1-12(2,3)15-11(13)14-7-6-8-16(4)9-10-17-5;/h6-10H2,1-5H3,(H3,13,14,15);1H. The summed E-state index contributed by atoms with van der Waals surface area (Å²) < 4.78 is 5.01. The van der Waals surface area contributed by atoms with E-state index in [0.717, 1.165) is 32.7 Å². The molecule has 0 fully saturated rings. The molecule has 0 bridgehead atoms. The molecule has 0 spiro atoms. The number of hydrogen-bond acceptors (Lipinski definition) is 3. The topological polar surface area (TPSA) is 62.9 Å². The predicted octanol–water partition coefficient (Wildman–Crippen LogP) is 1.28. The number of rotatable bonds is 7. The van der Waals surface area contributed by atoms with Gasteiger partial charge in [0, 0.05) is 25.7 Å². The van der Waals surface area contributed by atoms with E-state index in [1.165, 1.54) is 0 Å². The van der Waals surface area contributed by atoms with Gasteiger partial charge >= 0.3 is 0 Å². The summed E-state index contributed by atoms with van der Waals surface area (Å²) in [5.74, 6) is 0.525. The maximum Gasteiger partial charge on any atom is 0.188 e. The van der Waals surface area contributed by atoms with Crippen molar-refractivity contribution in [3.8, 4) is 0 Å². The zero-order chi connectivity index (χ0) is 13.3. The molecule has 0 rings (SSSR count). The number of aliphatic imine (C=N–C) groups is 1. The van der Waals surface area contributed by atoms with E-state index >= 15 is 0 Å². The van der Waals surface area contributed by atoms with Crippen molar-refractivity contribution in [2.75, 3.05) is 40.4 Å². The quantitative estimate of drug-likeness (QED) is 0.306. The second-order valence-electron chi connectivity index (χ2n) is 5.29. The normalized spacial score (nSPS) is 12.4. The van der Waals surface area contributed by atoms with E-state index in [4.69, 9.17) is 10.5 Å². The van der Waals surface area contributed by atoms with Crippen molar-refractivity contribution in [3.63, 3.8) is 0 Å². The van der Waals surface area contributed by atoms with Crippen molar-refractivity contribution in [1.82, 2.24) is 10.2 Å². The number of halogens is 1. The fraction of sp³-hybridized carbons (Fsp3) is 0.917. The fourth-order valence-electron chi connectivity index (χ4n) is 1.32. The Morgan fingerprint density at radius 1 is 1.33 bits per heavy atom. The molecule has 5 nitrogen and oxygen atoms in total. The van der Waals surface area contributed by atoms with Crippen LogP contribution in [-0.4, -0.2) is 56.8 Å². The van der Waals surface area contributed by atoms with Crippen LogP contribution in [0.3, 0.4) is 0 Å². The van der Waals surface area contributed by atoms with Gasteiger partial charge in [-0.2, -0.15) is 0 Å². The summed E-state index contributed by atoms with van der Waals surface area (Å²) >= 11 is 0. The van der Waals surface area contributed by atoms with E-state index in [0.29, 0.717) is 5.96 Å². The van der Waals surface area contributed by atoms with E-state index in [1.54, 1.807) is 7.11 Å². The van der Waals surface area contributed by atoms with Crippen molar-refractivity contribution in [1.29, 1.82) is 0 Å². The first-order chi connectivity index (χ1) is 7.85. The SMILES string of the molecule is COCCN(C)CCCN=C(N)NC(C)(C)C.I. The van der Waals surface area contributed by atoms with E-state index in [1.807, 2.05) is 0 Å². The monoisotopic (exact) mass is 372 g/mol. The number of hydrogen-bond donors (Lipinski definition) is 2. The van der Waals surface area contributed by atoms with Crippen LogP contribution in [0.1, 0.15) is 27.2 Å². The van der Waals surface area contributed by atoms with Crippen LogP contribution in [-0.2, 0) is 4.74 Å². The van der Waals surface area contributed by atoms with E-state index in [9.17, 15) is 0 Å². The lowest BCUT2D eigenvalue weighted by Gasteiger charge is -2.21. The molecule has 0 saturated carbocycles. The molecule has 18 heavy (non-hydrogen) atoms. The van der Waals surface area contributed by atoms with Gasteiger partial charge in [0.25, 0.3) is 0 Å². The minimum Gasteiger partial charge on any atom is -0.383 e. The molecule has 0 aromatic heterocycles. The van der Waals surface area contributed by atoms with Gasteiger partial charge in [0.1, 0.15) is 0 Å². The molecule has 110 valence electrons. The molecule has 0 amide bonds. The Kier molecular flexibility index (Phi) is 12.2. The fourth-order valence-corrected chi connectivity index (χ4v) is 1.32. The van der Waals surface area contributed by atoms with Gasteiger partial charge in [0.15, 0.2) is 5.96 Å². The molecule has 0 unspecified atom stereocenters. The maximum atomic E-state index is 5.76. The van der Waals surface area contributed by atoms with Gasteiger partial charge in [-0.1, -0.05) is 0 Å². The molecule has 3 N–H and O–H groups in total. The highest BCUT2D eigenvalue weighted by atomic mass is 127. The van der Waals surface area contributed by atoms with Gasteiger partial charge < -0.3 is 20.7 Å². The molecule has 0 radical (unpaired) electrons. The Labute approximate surface area is 129 Å². The highest BCUT2D eigenvalue weighted by molar-refractivity contribution is 14.0. The van der Waals surface area contributed by atoms with Gasteiger partial charge in [-0.15, -0.1) is 24.0 Å². The Bertz CT molecular complexity index is 229. The average molecular weight is 372 g/mol. The number of nitrogens with two attached hydrogens (primary N) is 1. The largest absolute Gasteiger partial charge is 0.383 e. The van der Waals surface area contributed by atoms with Crippen molar-refractivity contribution >= 4 is 29.9 Å². The Balaban J connectivity index is 0. The van der Waals surface area contributed by atoms with Crippen LogP contribution in [0.4, 0.5) is 0 Å². The van der Waals surface area contributed by atoms with Crippen molar-refractivity contribution in [3.05, 3.63) is 0 Å². The molecular formula is C12H29IN4O. The second kappa shape index (κ2) is 10.8. The van der Waals surface area contributed by atoms with Crippen molar-refractivity contribution in [2.24, 2.45) is 10.7 Å². The molecule has 0 atom stereocenters. The molecule has 0 aliphatic carbocycles. The zero-order valence-corrected chi connectivity index (χ0v) is 14.7. The van der Waals surface area contributed by atoms with Gasteiger partial charge in [-0.3, -0.25) is 4.99 Å². The molecule has 0 aliphatic rings. The zero-order valence-electron chi connectivity index (χ0n) is 12.3. The maximum absolute atomic E-state index is 5.76. The van der Waals surface area contributed by atoms with Gasteiger partial charge in [-0.05, 0) is 40.8 Å². The summed E-state index contributed by atoms with van der Waals surface area (Å²) in [6.07, 6.45) is 1.01. The molecule has 6 heteroatoms. The van der Waals surface area contributed by atoms with Crippen LogP contribution in [0.15, 0.2) is 4.99 Å². The molecule has 0 heterocycles. The van der Waals surface area contributed by atoms with Crippen molar-refractivity contribution in [2.45, 2.75) is 32.7 Å². The lowest BCUT2D eigenvalue weighted by Crippen LogP contribution is -2.45. The van der Waals surface area contributed by atoms with Crippen molar-refractivity contribution < 1.29 is 4.74 Å². The van der Waals surface area contributed by atoms with Gasteiger partial charge in [-0.25, -0.2) is 0 Å². The molecular weight excluding hydrogens is 343 g/mol. The number of nitrogens with zero attached hydrogens (tertiary/aromatic N) is 2. The highest BCUT2D eigenvalue weighted by Gasteiger charge is 2.09. The molecule has 0 saturated heterocycles. The number of nitrogens with one attached hydrogen (secondary N) is 1. The summed E-state index contributed by atoms with van der Waals surface area (Å²) in [6.45, 7) is 9.68. The van der Waals surface area contributed by atoms with E-state index in [-0.39, 0.29) is 29.5 Å². The third-order valence-electron chi connectivity index (χ3n) is 2.16. The second-order valence-corrected chi connectivity index (χ2v) is 5.29. The van der Waals surface area contributed by atoms with Crippen LogP contribution in [0.5, 0.6) is 0 Å². The van der Waals surface area contributed by atoms with Crippen LogP contribution in [0.2, 0.25) is 0 Å². The van der Waals surface area contributed by atoms with Crippen LogP contribution < -0.4 is 11.1 Å². The lowest BCUT2D eigenvalue weighted by molar-refractivity contribution is 0.161. The van der Waals surface area contributed by atoms with Gasteiger partial charge in [0.05, 0.1) is 6.61 Å². The number of likely N-dealkylation sites (N-methyl/N-ethyl adjacent to an activating group) is 1. The minimum atomic E-state index is -0.0250. The number of ether oxygens (including phenoxy) is 1. The first-order valence-electron chi connectivity index (χ1n) is 6.11. The van der Waals surface area contributed by atoms with Crippen LogP contribution in [0, 0.1) is 0 Å². The van der Waals surface area contributed by atoms with E-state index in [2.05, 4.69) is 43.0 Å². The summed E-state index contributed by atoms with van der Waals surface area (Å²) in [7, 11) is 3.80. The summed E-state index contributed by atoms with van der Waals surface area (Å²) in [5, 5.41) is 3.14. The van der Waals surface area contributed by atoms with Gasteiger partial charge in [0.2, 0.25) is 0 Å². The summed E-state index contributed by atoms with van der Waals surface area (Å²) in [5.41, 5.74) is 5.74. The molecule has 0 aromatic rings. The predicted molar refractivity (Wildman–Crippen MR) is 88.8 cm³/mol. The number of guanidine groups is 1. The molecule has 0 aromatic carbocycles. The average Bonchev–Trinajstić information content (AvgIpc) is 2.19. The molecule has 0 aliphatic heterocycles. The lowest BCUT2D eigenvalue weighted by atomic mass is 10.1. The smallest absolute Gasteiger partial charge is 0.188 e. The highest BCUT2D eigenvalue weighted by Crippen LogP contribution is 1.97.